The maximum Gasteiger partial charge on any atom is 0.182 e. The molecule has 0 spiro atoms. The summed E-state index contributed by atoms with van der Waals surface area (Å²) in [5.41, 5.74) is 13.2. The Morgan fingerprint density at radius 2 is 1.43 bits per heavy atom. The minimum Gasteiger partial charge on any atom is -0.293 e. The summed E-state index contributed by atoms with van der Waals surface area (Å²) in [5.74, 6) is -0.0557. The first-order chi connectivity index (χ1) is 17.5. The van der Waals surface area contributed by atoms with E-state index in [1.165, 1.54) is 11.1 Å². The van der Waals surface area contributed by atoms with Gasteiger partial charge in [-0.25, -0.2) is 0 Å². The van der Waals surface area contributed by atoms with E-state index in [0.29, 0.717) is 17.4 Å². The van der Waals surface area contributed by atoms with E-state index in [1.54, 1.807) is 0 Å². The number of rotatable bonds is 3. The zero-order valence-electron chi connectivity index (χ0n) is 23.2. The summed E-state index contributed by atoms with van der Waals surface area (Å²) in [6.45, 7) is 17.0. The number of allylic oxidation sites excluding steroid dienone is 12. The molecule has 5 aliphatic carbocycles. The van der Waals surface area contributed by atoms with E-state index >= 15 is 0 Å². The second kappa shape index (κ2) is 9.10. The predicted molar refractivity (Wildman–Crippen MR) is 153 cm³/mol. The van der Waals surface area contributed by atoms with Crippen LogP contribution in [0.5, 0.6) is 0 Å². The second-order valence-electron chi connectivity index (χ2n) is 11.5. The fourth-order valence-electron chi connectivity index (χ4n) is 5.94. The van der Waals surface area contributed by atoms with E-state index in [1.807, 2.05) is 6.08 Å². The molecule has 0 unspecified atom stereocenters. The Bertz CT molecular complexity index is 1510. The lowest BCUT2D eigenvalue weighted by atomic mass is 9.69. The van der Waals surface area contributed by atoms with Crippen molar-refractivity contribution in [3.8, 4) is 11.1 Å². The zero-order valence-corrected chi connectivity index (χ0v) is 23.2. The highest BCUT2D eigenvalue weighted by molar-refractivity contribution is 6.43. The lowest BCUT2D eigenvalue weighted by Gasteiger charge is -2.29. The first-order valence-corrected chi connectivity index (χ1v) is 13.4. The fourth-order valence-corrected chi connectivity index (χ4v) is 5.94. The van der Waals surface area contributed by atoms with Crippen molar-refractivity contribution in [1.29, 1.82) is 0 Å². The van der Waals surface area contributed by atoms with Crippen molar-refractivity contribution in [3.63, 3.8) is 0 Å². The largest absolute Gasteiger partial charge is 0.293 e. The average Bonchev–Trinajstić information content (AvgIpc) is 3.21. The van der Waals surface area contributed by atoms with Gasteiger partial charge in [-0.05, 0) is 112 Å². The SMILES string of the molecule is CC1=CC(=C2C(=O)C(c3cc(C)c4cc(C(C)C)ccc(C)c3-4)C2=O)C2=C1C=C(C(C)C)/C=C\C=C/2C. The van der Waals surface area contributed by atoms with Crippen molar-refractivity contribution in [2.24, 2.45) is 5.92 Å². The number of aryl methyl sites for hydroxylation is 2. The van der Waals surface area contributed by atoms with Crippen LogP contribution in [0.3, 0.4) is 0 Å². The van der Waals surface area contributed by atoms with Crippen LogP contribution in [0.25, 0.3) is 11.1 Å². The maximum absolute atomic E-state index is 13.8. The molecule has 0 aromatic heterocycles. The highest BCUT2D eigenvalue weighted by atomic mass is 16.2. The number of ketones is 2. The molecule has 0 heterocycles. The Balaban J connectivity index is 1.62. The summed E-state index contributed by atoms with van der Waals surface area (Å²) in [4.78, 5) is 27.6. The third kappa shape index (κ3) is 3.94. The third-order valence-electron chi connectivity index (χ3n) is 8.18. The Morgan fingerprint density at radius 1 is 0.730 bits per heavy atom. The van der Waals surface area contributed by atoms with Gasteiger partial charge >= 0.3 is 0 Å². The summed E-state index contributed by atoms with van der Waals surface area (Å²) in [5, 5.41) is 0. The van der Waals surface area contributed by atoms with E-state index in [2.05, 4.69) is 104 Å². The van der Waals surface area contributed by atoms with Gasteiger partial charge in [0.2, 0.25) is 0 Å². The first-order valence-electron chi connectivity index (χ1n) is 13.4. The van der Waals surface area contributed by atoms with Crippen LogP contribution in [0.15, 0.2) is 93.7 Å². The van der Waals surface area contributed by atoms with Gasteiger partial charge < -0.3 is 0 Å². The van der Waals surface area contributed by atoms with Gasteiger partial charge in [0, 0.05) is 0 Å². The molecule has 5 rings (SSSR count). The molecule has 1 fully saturated rings. The van der Waals surface area contributed by atoms with E-state index in [0.717, 1.165) is 55.7 Å². The summed E-state index contributed by atoms with van der Waals surface area (Å²) in [7, 11) is 0. The van der Waals surface area contributed by atoms with E-state index < -0.39 is 5.92 Å². The standard InChI is InChI=1S/C35H36O2/c1-18(2)24-11-9-10-20(5)30-26(16-24)22(7)14-28(30)32-34(36)33(35(32)37)29-15-23(8)27-17-25(19(3)4)13-12-21(6)31(27)29/h9-19,33H,1-8H3/b10-9?,11-9-,20-10-,24-11?,24-16?,26-16?,30-20?,32-28?. The van der Waals surface area contributed by atoms with Crippen LogP contribution in [-0.4, -0.2) is 11.6 Å². The van der Waals surface area contributed by atoms with Crippen LogP contribution in [0.4, 0.5) is 0 Å². The number of hydrogen-bond donors (Lipinski definition) is 0. The Kier molecular flexibility index (Phi) is 6.18. The summed E-state index contributed by atoms with van der Waals surface area (Å²) in [6, 6.07) is 8.59. The molecule has 0 saturated heterocycles. The van der Waals surface area contributed by atoms with Gasteiger partial charge in [0.05, 0.1) is 5.57 Å². The van der Waals surface area contributed by atoms with E-state index in [9.17, 15) is 9.59 Å². The van der Waals surface area contributed by atoms with Crippen molar-refractivity contribution in [2.45, 2.75) is 67.2 Å². The molecule has 37 heavy (non-hydrogen) atoms. The normalized spacial score (nSPS) is 22.1. The fraction of sp³-hybridized carbons (Fsp3) is 0.314. The zero-order chi connectivity index (χ0) is 26.8. The lowest BCUT2D eigenvalue weighted by Crippen LogP contribution is -2.40. The van der Waals surface area contributed by atoms with Crippen LogP contribution >= 0.6 is 0 Å². The van der Waals surface area contributed by atoms with Crippen LogP contribution < -0.4 is 0 Å². The summed E-state index contributed by atoms with van der Waals surface area (Å²) >= 11 is 0. The highest BCUT2D eigenvalue weighted by Crippen LogP contribution is 2.48. The molecule has 5 aliphatic rings. The number of carbonyl (C=O) groups excluding carboxylic acids is 2. The Morgan fingerprint density at radius 3 is 2.08 bits per heavy atom. The molecule has 0 aliphatic heterocycles. The topological polar surface area (TPSA) is 34.1 Å². The summed E-state index contributed by atoms with van der Waals surface area (Å²) < 4.78 is 0. The minimum atomic E-state index is -0.722. The molecular formula is C35H36O2. The number of Topliss-reactive ketones (excluding diaryl/α,β-unsaturated/α-hetero) is 2. The molecular weight excluding hydrogens is 452 g/mol. The smallest absolute Gasteiger partial charge is 0.182 e. The molecule has 0 bridgehead atoms. The van der Waals surface area contributed by atoms with Crippen molar-refractivity contribution in [1.82, 2.24) is 0 Å². The van der Waals surface area contributed by atoms with Crippen molar-refractivity contribution in [3.05, 3.63) is 116 Å². The molecule has 0 N–H and O–H groups in total. The van der Waals surface area contributed by atoms with Gasteiger partial charge in [0.25, 0.3) is 0 Å². The number of carbonyl (C=O) groups is 2. The highest BCUT2D eigenvalue weighted by Gasteiger charge is 2.49. The van der Waals surface area contributed by atoms with Crippen LogP contribution in [-0.2, 0) is 9.59 Å². The van der Waals surface area contributed by atoms with Crippen LogP contribution in [0, 0.1) is 19.8 Å². The molecule has 0 aromatic rings. The second-order valence-corrected chi connectivity index (χ2v) is 11.5. The number of fused-ring (bicyclic) bond motifs is 1. The van der Waals surface area contributed by atoms with Gasteiger partial charge in [0.1, 0.15) is 5.92 Å². The van der Waals surface area contributed by atoms with Gasteiger partial charge in [-0.1, -0.05) is 76.3 Å². The van der Waals surface area contributed by atoms with Gasteiger partial charge in [-0.3, -0.25) is 9.59 Å². The van der Waals surface area contributed by atoms with Crippen molar-refractivity contribution < 1.29 is 9.59 Å². The average molecular weight is 489 g/mol. The van der Waals surface area contributed by atoms with Gasteiger partial charge in [-0.2, -0.15) is 0 Å². The third-order valence-corrected chi connectivity index (χ3v) is 8.18. The van der Waals surface area contributed by atoms with Crippen molar-refractivity contribution >= 4 is 11.6 Å². The molecule has 0 radical (unpaired) electrons. The van der Waals surface area contributed by atoms with Crippen LogP contribution in [0.2, 0.25) is 0 Å². The quantitative estimate of drug-likeness (QED) is 0.247. The van der Waals surface area contributed by atoms with Crippen LogP contribution in [0.1, 0.15) is 75.6 Å². The minimum absolute atomic E-state index is 0.0573. The monoisotopic (exact) mass is 488 g/mol. The lowest BCUT2D eigenvalue weighted by molar-refractivity contribution is -0.133. The Labute approximate surface area is 221 Å². The Hall–Kier alpha value is -3.52. The molecule has 0 amide bonds. The molecule has 1 saturated carbocycles. The van der Waals surface area contributed by atoms with Gasteiger partial charge in [-0.15, -0.1) is 0 Å². The van der Waals surface area contributed by atoms with Crippen molar-refractivity contribution in [2.75, 3.05) is 0 Å². The molecule has 2 heteroatoms. The van der Waals surface area contributed by atoms with E-state index in [4.69, 9.17) is 0 Å². The summed E-state index contributed by atoms with van der Waals surface area (Å²) in [6.07, 6.45) is 10.6. The molecule has 0 atom stereocenters. The number of hydrogen-bond acceptors (Lipinski definition) is 2. The van der Waals surface area contributed by atoms with E-state index in [-0.39, 0.29) is 11.6 Å². The molecule has 0 aromatic carbocycles. The molecule has 2 nitrogen and oxygen atoms in total. The van der Waals surface area contributed by atoms with Gasteiger partial charge in [0.15, 0.2) is 11.6 Å². The maximum atomic E-state index is 13.8. The predicted octanol–water partition coefficient (Wildman–Crippen LogP) is 8.42. The first kappa shape index (κ1) is 25.1. The molecule has 188 valence electrons.